The van der Waals surface area contributed by atoms with Crippen LogP contribution >= 0.6 is 0 Å². The molecular weight excluding hydrogens is 456 g/mol. The van der Waals surface area contributed by atoms with E-state index in [1.807, 2.05) is 4.90 Å². The van der Waals surface area contributed by atoms with Crippen LogP contribution in [0.4, 0.5) is 11.4 Å². The first-order valence-corrected chi connectivity index (χ1v) is 13.8. The molecule has 2 aromatic rings. The molecule has 1 unspecified atom stereocenters. The quantitative estimate of drug-likeness (QED) is 0.467. The Morgan fingerprint density at radius 2 is 1.71 bits per heavy atom. The number of benzene rings is 1. The van der Waals surface area contributed by atoms with Crippen LogP contribution in [0.1, 0.15) is 68.9 Å². The SMILES string of the molecule is O=[N+]([O-])c1cc(S(=O)(=O)N2CCCCC2)ccc1N1CCCC(c2nnc3n2CCCCC3)C1. The van der Waals surface area contributed by atoms with Gasteiger partial charge in [-0.15, -0.1) is 10.2 Å². The number of nitro benzene ring substituents is 1. The molecule has 3 aliphatic heterocycles. The minimum Gasteiger partial charge on any atom is -0.365 e. The Kier molecular flexibility index (Phi) is 6.57. The van der Waals surface area contributed by atoms with Gasteiger partial charge in [0, 0.05) is 51.1 Å². The third-order valence-electron chi connectivity index (χ3n) is 7.36. The van der Waals surface area contributed by atoms with E-state index in [9.17, 15) is 18.5 Å². The summed E-state index contributed by atoms with van der Waals surface area (Å²) in [6.45, 7) is 3.16. The van der Waals surface area contributed by atoms with Crippen molar-refractivity contribution >= 4 is 21.4 Å². The lowest BCUT2D eigenvalue weighted by molar-refractivity contribution is -0.384. The van der Waals surface area contributed by atoms with Gasteiger partial charge in [-0.1, -0.05) is 12.8 Å². The van der Waals surface area contributed by atoms with Crippen molar-refractivity contribution in [3.63, 3.8) is 0 Å². The van der Waals surface area contributed by atoms with Gasteiger partial charge in [0.25, 0.3) is 5.69 Å². The van der Waals surface area contributed by atoms with Gasteiger partial charge in [0.1, 0.15) is 17.3 Å². The third kappa shape index (κ3) is 4.43. The van der Waals surface area contributed by atoms with Gasteiger partial charge in [0.15, 0.2) is 0 Å². The first-order chi connectivity index (χ1) is 16.4. The third-order valence-corrected chi connectivity index (χ3v) is 9.26. The Bertz CT molecular complexity index is 1160. The molecule has 0 saturated carbocycles. The van der Waals surface area contributed by atoms with E-state index in [-0.39, 0.29) is 16.5 Å². The molecule has 5 rings (SSSR count). The number of nitrogens with zero attached hydrogens (tertiary/aromatic N) is 6. The highest BCUT2D eigenvalue weighted by Gasteiger charge is 2.33. The van der Waals surface area contributed by atoms with Crippen LogP contribution in [0.15, 0.2) is 23.1 Å². The van der Waals surface area contributed by atoms with E-state index in [1.165, 1.54) is 22.9 Å². The normalized spacial score (nSPS) is 22.2. The molecule has 10 nitrogen and oxygen atoms in total. The first kappa shape index (κ1) is 23.2. The Hall–Kier alpha value is -2.53. The Morgan fingerprint density at radius 1 is 0.941 bits per heavy atom. The van der Waals surface area contributed by atoms with E-state index < -0.39 is 14.9 Å². The molecule has 2 saturated heterocycles. The van der Waals surface area contributed by atoms with Crippen LogP contribution in [0, 0.1) is 10.1 Å². The van der Waals surface area contributed by atoms with E-state index in [2.05, 4.69) is 14.8 Å². The summed E-state index contributed by atoms with van der Waals surface area (Å²) in [6, 6.07) is 4.38. The largest absolute Gasteiger partial charge is 0.365 e. The summed E-state index contributed by atoms with van der Waals surface area (Å²) >= 11 is 0. The predicted molar refractivity (Wildman–Crippen MR) is 127 cm³/mol. The lowest BCUT2D eigenvalue weighted by Gasteiger charge is -2.34. The summed E-state index contributed by atoms with van der Waals surface area (Å²) in [5.74, 6) is 2.17. The second-order valence-corrected chi connectivity index (χ2v) is 11.5. The second kappa shape index (κ2) is 9.61. The molecular formula is C23H32N6O4S. The highest BCUT2D eigenvalue weighted by Crippen LogP contribution is 2.37. The number of anilines is 1. The molecule has 184 valence electrons. The summed E-state index contributed by atoms with van der Waals surface area (Å²) in [4.78, 5) is 13.6. The standard InChI is InChI=1S/C23H32N6O4S/c30-29(31)21-16-19(34(32,33)27-13-4-2-5-14-27)10-11-20(21)26-12-7-8-18(17-26)23-25-24-22-9-3-1-6-15-28(22)23/h10-11,16,18H,1-9,12-15,17H2. The zero-order valence-corrected chi connectivity index (χ0v) is 20.2. The molecule has 11 heteroatoms. The van der Waals surface area contributed by atoms with E-state index in [0.717, 1.165) is 69.6 Å². The van der Waals surface area contributed by atoms with Gasteiger partial charge in [0.2, 0.25) is 10.0 Å². The smallest absolute Gasteiger partial charge is 0.293 e. The van der Waals surface area contributed by atoms with Gasteiger partial charge in [-0.05, 0) is 50.7 Å². The average molecular weight is 489 g/mol. The monoisotopic (exact) mass is 488 g/mol. The molecule has 0 N–H and O–H groups in total. The molecule has 1 aromatic carbocycles. The first-order valence-electron chi connectivity index (χ1n) is 12.4. The number of piperidine rings is 2. The van der Waals surface area contributed by atoms with Crippen LogP contribution < -0.4 is 4.90 Å². The summed E-state index contributed by atoms with van der Waals surface area (Å²) in [5.41, 5.74) is 0.321. The molecule has 2 fully saturated rings. The van der Waals surface area contributed by atoms with Crippen molar-refractivity contribution in [2.45, 2.75) is 75.1 Å². The summed E-state index contributed by atoms with van der Waals surface area (Å²) in [5, 5.41) is 21.0. The van der Waals surface area contributed by atoms with Crippen LogP contribution in [-0.2, 0) is 23.0 Å². The fourth-order valence-electron chi connectivity index (χ4n) is 5.55. The van der Waals surface area contributed by atoms with E-state index in [1.54, 1.807) is 6.07 Å². The molecule has 0 radical (unpaired) electrons. The molecule has 4 heterocycles. The molecule has 1 aromatic heterocycles. The van der Waals surface area contributed by atoms with Crippen molar-refractivity contribution in [3.05, 3.63) is 40.0 Å². The van der Waals surface area contributed by atoms with Crippen LogP contribution in [0.2, 0.25) is 0 Å². The second-order valence-electron chi connectivity index (χ2n) is 9.59. The lowest BCUT2D eigenvalue weighted by Crippen LogP contribution is -2.36. The van der Waals surface area contributed by atoms with Crippen molar-refractivity contribution in [1.29, 1.82) is 0 Å². The van der Waals surface area contributed by atoms with E-state index in [4.69, 9.17) is 0 Å². The summed E-state index contributed by atoms with van der Waals surface area (Å²) in [6.07, 6.45) is 8.89. The zero-order valence-electron chi connectivity index (χ0n) is 19.4. The maximum absolute atomic E-state index is 13.1. The van der Waals surface area contributed by atoms with Gasteiger partial charge in [-0.3, -0.25) is 10.1 Å². The molecule has 0 bridgehead atoms. The lowest BCUT2D eigenvalue weighted by atomic mass is 9.96. The fourth-order valence-corrected chi connectivity index (χ4v) is 7.09. The van der Waals surface area contributed by atoms with Crippen LogP contribution in [0.25, 0.3) is 0 Å². The van der Waals surface area contributed by atoms with Gasteiger partial charge in [-0.2, -0.15) is 4.31 Å². The summed E-state index contributed by atoms with van der Waals surface area (Å²) < 4.78 is 29.9. The predicted octanol–water partition coefficient (Wildman–Crippen LogP) is 3.47. The summed E-state index contributed by atoms with van der Waals surface area (Å²) in [7, 11) is -3.74. The number of sulfonamides is 1. The topological polar surface area (TPSA) is 114 Å². The maximum atomic E-state index is 13.1. The van der Waals surface area contributed by atoms with Crippen molar-refractivity contribution in [1.82, 2.24) is 19.1 Å². The van der Waals surface area contributed by atoms with Gasteiger partial charge in [-0.25, -0.2) is 8.42 Å². The van der Waals surface area contributed by atoms with Gasteiger partial charge >= 0.3 is 0 Å². The van der Waals surface area contributed by atoms with Crippen molar-refractivity contribution in [2.75, 3.05) is 31.1 Å². The minimum atomic E-state index is -3.74. The number of aromatic nitrogens is 3. The number of hydrogen-bond acceptors (Lipinski definition) is 7. The van der Waals surface area contributed by atoms with Crippen molar-refractivity contribution < 1.29 is 13.3 Å². The fraction of sp³-hybridized carbons (Fsp3) is 0.652. The highest BCUT2D eigenvalue weighted by molar-refractivity contribution is 7.89. The average Bonchev–Trinajstić information content (AvgIpc) is 3.12. The number of aryl methyl sites for hydroxylation is 1. The molecule has 0 spiro atoms. The van der Waals surface area contributed by atoms with Crippen molar-refractivity contribution in [3.8, 4) is 0 Å². The van der Waals surface area contributed by atoms with Crippen molar-refractivity contribution in [2.24, 2.45) is 0 Å². The molecule has 0 aliphatic carbocycles. The number of fused-ring (bicyclic) bond motifs is 1. The van der Waals surface area contributed by atoms with Gasteiger partial charge < -0.3 is 9.47 Å². The highest BCUT2D eigenvalue weighted by atomic mass is 32.2. The van der Waals surface area contributed by atoms with E-state index in [0.29, 0.717) is 31.9 Å². The number of rotatable bonds is 5. The van der Waals surface area contributed by atoms with E-state index >= 15 is 0 Å². The number of hydrogen-bond donors (Lipinski definition) is 0. The minimum absolute atomic E-state index is 0.00110. The Morgan fingerprint density at radius 3 is 2.50 bits per heavy atom. The molecule has 34 heavy (non-hydrogen) atoms. The molecule has 3 aliphatic rings. The van der Waals surface area contributed by atoms with Gasteiger partial charge in [0.05, 0.1) is 9.82 Å². The maximum Gasteiger partial charge on any atom is 0.293 e. The Balaban J connectivity index is 1.42. The van der Waals surface area contributed by atoms with Crippen LogP contribution in [0.5, 0.6) is 0 Å². The van der Waals surface area contributed by atoms with Crippen LogP contribution in [0.3, 0.4) is 0 Å². The molecule has 0 amide bonds. The molecule has 1 atom stereocenters. The van der Waals surface area contributed by atoms with Crippen LogP contribution in [-0.4, -0.2) is 58.6 Å². The number of nitro groups is 1. The zero-order chi connectivity index (χ0) is 23.7. The Labute approximate surface area is 200 Å².